The lowest BCUT2D eigenvalue weighted by Crippen LogP contribution is -2.28. The predicted octanol–water partition coefficient (Wildman–Crippen LogP) is 1.90. The third-order valence-corrected chi connectivity index (χ3v) is 5.96. The fourth-order valence-electron chi connectivity index (χ4n) is 4.09. The van der Waals surface area contributed by atoms with E-state index in [-0.39, 0.29) is 43.4 Å². The van der Waals surface area contributed by atoms with Crippen LogP contribution >= 0.6 is 0 Å². The molecule has 0 unspecified atom stereocenters. The highest BCUT2D eigenvalue weighted by Gasteiger charge is 2.28. The summed E-state index contributed by atoms with van der Waals surface area (Å²) in [7, 11) is 1.62. The zero-order valence-corrected chi connectivity index (χ0v) is 18.6. The van der Waals surface area contributed by atoms with E-state index in [1.807, 2.05) is 19.1 Å². The molecule has 0 spiro atoms. The second-order valence-electron chi connectivity index (χ2n) is 8.28. The van der Waals surface area contributed by atoms with Crippen molar-refractivity contribution in [3.8, 4) is 0 Å². The molecule has 2 aromatic heterocycles. The second-order valence-corrected chi connectivity index (χ2v) is 8.28. The third-order valence-electron chi connectivity index (χ3n) is 5.96. The number of fused-ring (bicyclic) bond motifs is 3. The Morgan fingerprint density at radius 2 is 1.71 bits per heavy atom. The first kappa shape index (κ1) is 21.5. The molecule has 0 atom stereocenters. The van der Waals surface area contributed by atoms with Crippen molar-refractivity contribution in [2.24, 2.45) is 7.05 Å². The number of likely N-dealkylation sites (tertiary alicyclic amines) is 1. The van der Waals surface area contributed by atoms with E-state index in [0.29, 0.717) is 28.1 Å². The van der Waals surface area contributed by atoms with Gasteiger partial charge in [0, 0.05) is 19.9 Å². The van der Waals surface area contributed by atoms with Crippen LogP contribution < -0.4 is 5.56 Å². The first-order valence-electron chi connectivity index (χ1n) is 10.8. The summed E-state index contributed by atoms with van der Waals surface area (Å²) in [6.45, 7) is 1.95. The number of amides is 2. The Morgan fingerprint density at radius 1 is 1.00 bits per heavy atom. The summed E-state index contributed by atoms with van der Waals surface area (Å²) in [5, 5.41) is 8.75. The minimum Gasteiger partial charge on any atom is -0.454 e. The lowest BCUT2D eigenvalue weighted by molar-refractivity contribution is -0.139. The van der Waals surface area contributed by atoms with Crippen LogP contribution in [0.15, 0.2) is 47.3 Å². The Bertz CT molecular complexity index is 1520. The van der Waals surface area contributed by atoms with E-state index in [0.717, 1.165) is 11.1 Å². The number of imide groups is 1. The summed E-state index contributed by atoms with van der Waals surface area (Å²) in [4.78, 5) is 50.1. The van der Waals surface area contributed by atoms with Crippen LogP contribution in [-0.4, -0.2) is 41.8 Å². The van der Waals surface area contributed by atoms with Gasteiger partial charge in [-0.2, -0.15) is 0 Å². The topological polar surface area (TPSA) is 116 Å². The molecule has 3 heterocycles. The summed E-state index contributed by atoms with van der Waals surface area (Å²) < 4.78 is 8.58. The quantitative estimate of drug-likeness (QED) is 0.331. The average Bonchev–Trinajstić information content (AvgIpc) is 3.40. The molecule has 2 aromatic carbocycles. The number of benzene rings is 2. The standard InChI is InChI=1S/C24H21N5O5/c1-14-3-8-18-17(11-14)22(32)27(2)24-26-25-19(29(18)24)13-34-23(33)16-6-4-15(5-7-16)12-28-20(30)9-10-21(28)31/h3-8,11H,9-10,12-13H2,1-2H3. The molecule has 0 radical (unpaired) electrons. The normalized spacial score (nSPS) is 13.9. The highest BCUT2D eigenvalue weighted by Crippen LogP contribution is 2.18. The van der Waals surface area contributed by atoms with Crippen LogP contribution in [0.1, 0.15) is 40.2 Å². The molecule has 10 heteroatoms. The van der Waals surface area contributed by atoms with Crippen LogP contribution in [0.5, 0.6) is 0 Å². The largest absolute Gasteiger partial charge is 0.454 e. The number of hydrogen-bond acceptors (Lipinski definition) is 7. The number of carbonyl (C=O) groups excluding carboxylic acids is 3. The number of rotatable bonds is 5. The third kappa shape index (κ3) is 3.62. The Morgan fingerprint density at radius 3 is 2.41 bits per heavy atom. The van der Waals surface area contributed by atoms with Crippen LogP contribution in [0.3, 0.4) is 0 Å². The van der Waals surface area contributed by atoms with E-state index in [1.165, 1.54) is 9.47 Å². The van der Waals surface area contributed by atoms with E-state index in [2.05, 4.69) is 10.2 Å². The summed E-state index contributed by atoms with van der Waals surface area (Å²) in [5.41, 5.74) is 2.47. The van der Waals surface area contributed by atoms with Gasteiger partial charge in [0.15, 0.2) is 12.4 Å². The number of aromatic nitrogens is 4. The van der Waals surface area contributed by atoms with Crippen LogP contribution in [0, 0.1) is 6.92 Å². The van der Waals surface area contributed by atoms with E-state index in [9.17, 15) is 19.2 Å². The van der Waals surface area contributed by atoms with Gasteiger partial charge in [-0.25, -0.2) is 4.79 Å². The van der Waals surface area contributed by atoms with Gasteiger partial charge in [-0.1, -0.05) is 23.8 Å². The lowest BCUT2D eigenvalue weighted by atomic mass is 10.1. The number of aryl methyl sites for hydroxylation is 2. The summed E-state index contributed by atoms with van der Waals surface area (Å²) in [6, 6.07) is 12.1. The molecule has 1 aliphatic heterocycles. The van der Waals surface area contributed by atoms with Gasteiger partial charge in [-0.3, -0.25) is 28.3 Å². The molecule has 0 saturated carbocycles. The molecule has 172 valence electrons. The minimum absolute atomic E-state index is 0.139. The Balaban J connectivity index is 1.35. The number of hydrogen-bond donors (Lipinski definition) is 0. The number of ether oxygens (including phenoxy) is 1. The highest BCUT2D eigenvalue weighted by molar-refractivity contribution is 6.01. The molecule has 2 amide bonds. The smallest absolute Gasteiger partial charge is 0.338 e. The van der Waals surface area contributed by atoms with E-state index in [4.69, 9.17) is 4.74 Å². The van der Waals surface area contributed by atoms with Crippen LogP contribution in [0.2, 0.25) is 0 Å². The van der Waals surface area contributed by atoms with Crippen molar-refractivity contribution in [3.05, 3.63) is 75.3 Å². The Hall–Kier alpha value is -4.34. The van der Waals surface area contributed by atoms with Crippen molar-refractivity contribution >= 4 is 34.5 Å². The summed E-state index contributed by atoms with van der Waals surface area (Å²) in [6.07, 6.45) is 0.479. The molecule has 0 bridgehead atoms. The molecule has 1 aliphatic rings. The molecular formula is C24H21N5O5. The molecule has 4 aromatic rings. The summed E-state index contributed by atoms with van der Waals surface area (Å²) in [5.74, 6) is -0.191. The Kier molecular flexibility index (Phi) is 5.20. The molecule has 5 rings (SSSR count). The molecule has 0 N–H and O–H groups in total. The monoisotopic (exact) mass is 459 g/mol. The predicted molar refractivity (Wildman–Crippen MR) is 121 cm³/mol. The second kappa shape index (κ2) is 8.22. The van der Waals surface area contributed by atoms with Crippen LogP contribution in [0.4, 0.5) is 0 Å². The van der Waals surface area contributed by atoms with Gasteiger partial charge < -0.3 is 4.74 Å². The van der Waals surface area contributed by atoms with Crippen molar-refractivity contribution in [3.63, 3.8) is 0 Å². The van der Waals surface area contributed by atoms with Gasteiger partial charge in [-0.15, -0.1) is 10.2 Å². The maximum absolute atomic E-state index is 12.7. The number of nitrogens with zero attached hydrogens (tertiary/aromatic N) is 5. The van der Waals surface area contributed by atoms with Gasteiger partial charge in [-0.05, 0) is 36.8 Å². The molecule has 34 heavy (non-hydrogen) atoms. The first-order valence-corrected chi connectivity index (χ1v) is 10.8. The SMILES string of the molecule is Cc1ccc2c(c1)c(=O)n(C)c1nnc(COC(=O)c3ccc(CN4C(=O)CCC4=O)cc3)n21. The fraction of sp³-hybridized carbons (Fsp3) is 0.250. The molecule has 10 nitrogen and oxygen atoms in total. The Labute approximate surface area is 193 Å². The molecule has 0 aliphatic carbocycles. The van der Waals surface area contributed by atoms with Crippen molar-refractivity contribution in [1.82, 2.24) is 24.1 Å². The van der Waals surface area contributed by atoms with E-state index >= 15 is 0 Å². The molecular weight excluding hydrogens is 438 g/mol. The number of esters is 1. The van der Waals surface area contributed by atoms with Crippen molar-refractivity contribution in [2.75, 3.05) is 0 Å². The van der Waals surface area contributed by atoms with E-state index < -0.39 is 5.97 Å². The number of carbonyl (C=O) groups is 3. The zero-order chi connectivity index (χ0) is 24.0. The van der Waals surface area contributed by atoms with Crippen molar-refractivity contribution < 1.29 is 19.1 Å². The van der Waals surface area contributed by atoms with Crippen molar-refractivity contribution in [2.45, 2.75) is 32.9 Å². The summed E-state index contributed by atoms with van der Waals surface area (Å²) >= 11 is 0. The highest BCUT2D eigenvalue weighted by atomic mass is 16.5. The maximum atomic E-state index is 12.7. The van der Waals surface area contributed by atoms with Gasteiger partial charge in [0.1, 0.15) is 0 Å². The zero-order valence-electron chi connectivity index (χ0n) is 18.6. The molecule has 1 saturated heterocycles. The van der Waals surface area contributed by atoms with Crippen molar-refractivity contribution in [1.29, 1.82) is 0 Å². The molecule has 1 fully saturated rings. The fourth-order valence-corrected chi connectivity index (χ4v) is 4.09. The van der Waals surface area contributed by atoms with Gasteiger partial charge >= 0.3 is 5.97 Å². The van der Waals surface area contributed by atoms with Crippen LogP contribution in [0.25, 0.3) is 16.7 Å². The van der Waals surface area contributed by atoms with Gasteiger partial charge in [0.05, 0.1) is 23.0 Å². The van der Waals surface area contributed by atoms with Gasteiger partial charge in [0.25, 0.3) is 5.56 Å². The average molecular weight is 459 g/mol. The van der Waals surface area contributed by atoms with E-state index in [1.54, 1.807) is 41.8 Å². The van der Waals surface area contributed by atoms with Crippen LogP contribution in [-0.2, 0) is 34.5 Å². The lowest BCUT2D eigenvalue weighted by Gasteiger charge is -2.13. The maximum Gasteiger partial charge on any atom is 0.338 e. The minimum atomic E-state index is -0.554. The van der Waals surface area contributed by atoms with Gasteiger partial charge in [0.2, 0.25) is 17.6 Å². The first-order chi connectivity index (χ1) is 16.3.